The lowest BCUT2D eigenvalue weighted by Crippen LogP contribution is -2.30. The summed E-state index contributed by atoms with van der Waals surface area (Å²) in [6, 6.07) is 7.89. The number of hydrogen-bond acceptors (Lipinski definition) is 7. The van der Waals surface area contributed by atoms with E-state index < -0.39 is 25.1 Å². The van der Waals surface area contributed by atoms with Crippen molar-refractivity contribution in [2.45, 2.75) is 20.1 Å². The van der Waals surface area contributed by atoms with E-state index in [0.29, 0.717) is 10.6 Å². The second-order valence-electron chi connectivity index (χ2n) is 6.29. The van der Waals surface area contributed by atoms with Crippen molar-refractivity contribution >= 4 is 34.6 Å². The maximum atomic E-state index is 12.4. The van der Waals surface area contributed by atoms with Gasteiger partial charge in [0.1, 0.15) is 15.6 Å². The van der Waals surface area contributed by atoms with Crippen molar-refractivity contribution in [1.29, 1.82) is 0 Å². The van der Waals surface area contributed by atoms with Gasteiger partial charge in [0.2, 0.25) is 0 Å². The first kappa shape index (κ1) is 21.8. The van der Waals surface area contributed by atoms with Crippen LogP contribution in [0.15, 0.2) is 41.1 Å². The second kappa shape index (κ2) is 9.77. The number of thiophene rings is 1. The van der Waals surface area contributed by atoms with E-state index in [4.69, 9.17) is 4.74 Å². The molecule has 0 atom stereocenters. The molecule has 0 aliphatic carbocycles. The van der Waals surface area contributed by atoms with Crippen LogP contribution in [0, 0.1) is 6.92 Å². The Hall–Kier alpha value is -2.85. The molecule has 0 fully saturated rings. The van der Waals surface area contributed by atoms with E-state index in [0.717, 1.165) is 16.1 Å². The number of esters is 1. The number of aromatic nitrogens is 1. The first-order valence-corrected chi connectivity index (χ1v) is 10.5. The molecule has 1 aromatic carbocycles. The summed E-state index contributed by atoms with van der Waals surface area (Å²) in [5.74, 6) is -0.948. The summed E-state index contributed by atoms with van der Waals surface area (Å²) >= 11 is 2.76. The summed E-state index contributed by atoms with van der Waals surface area (Å²) in [7, 11) is 1.56. The third-order valence-corrected chi connectivity index (χ3v) is 5.94. The number of hydrogen-bond donors (Lipinski definition) is 0. The van der Waals surface area contributed by atoms with Crippen molar-refractivity contribution in [3.63, 3.8) is 0 Å². The van der Waals surface area contributed by atoms with Crippen molar-refractivity contribution in [3.05, 3.63) is 57.2 Å². The Morgan fingerprint density at radius 1 is 1.20 bits per heavy atom. The fourth-order valence-electron chi connectivity index (χ4n) is 2.54. The van der Waals surface area contributed by atoms with Crippen molar-refractivity contribution in [3.8, 4) is 16.3 Å². The van der Waals surface area contributed by atoms with Gasteiger partial charge >= 0.3 is 12.6 Å². The smallest absolute Gasteiger partial charge is 0.387 e. The molecule has 6 nitrogen and oxygen atoms in total. The zero-order valence-corrected chi connectivity index (χ0v) is 17.8. The van der Waals surface area contributed by atoms with Gasteiger partial charge in [0.05, 0.1) is 5.69 Å². The predicted molar refractivity (Wildman–Crippen MR) is 110 cm³/mol. The number of amides is 1. The number of carbonyl (C=O) groups is 2. The van der Waals surface area contributed by atoms with Crippen molar-refractivity contribution < 1.29 is 27.8 Å². The molecule has 30 heavy (non-hydrogen) atoms. The number of nitrogens with zero attached hydrogens (tertiary/aromatic N) is 2. The number of thiazole rings is 1. The highest BCUT2D eigenvalue weighted by Gasteiger charge is 2.20. The number of benzene rings is 1. The van der Waals surface area contributed by atoms with Crippen LogP contribution in [0.4, 0.5) is 8.78 Å². The van der Waals surface area contributed by atoms with Crippen LogP contribution in [-0.2, 0) is 16.1 Å². The third kappa shape index (κ3) is 5.61. The zero-order chi connectivity index (χ0) is 21.7. The maximum absolute atomic E-state index is 12.4. The summed E-state index contributed by atoms with van der Waals surface area (Å²) in [5.41, 5.74) is 2.21. The maximum Gasteiger partial charge on any atom is 0.387 e. The first-order valence-electron chi connectivity index (χ1n) is 8.78. The van der Waals surface area contributed by atoms with E-state index in [1.807, 2.05) is 16.8 Å². The fourth-order valence-corrected chi connectivity index (χ4v) is 4.21. The predicted octanol–water partition coefficient (Wildman–Crippen LogP) is 4.60. The molecule has 3 rings (SSSR count). The van der Waals surface area contributed by atoms with Gasteiger partial charge in [-0.1, -0.05) is 12.1 Å². The molecule has 2 heterocycles. The molecule has 3 aromatic rings. The molecule has 0 unspecified atom stereocenters. The number of halogens is 2. The molecule has 0 radical (unpaired) electrons. The molecule has 0 saturated heterocycles. The SMILES string of the molecule is Cc1nc(-c2ccsc2)sc1C(=O)OCC(=O)N(C)Cc1ccc(OC(F)F)cc1. The summed E-state index contributed by atoms with van der Waals surface area (Å²) in [6.07, 6.45) is 0. The van der Waals surface area contributed by atoms with Gasteiger partial charge < -0.3 is 14.4 Å². The van der Waals surface area contributed by atoms with Crippen LogP contribution in [0.25, 0.3) is 10.6 Å². The minimum absolute atomic E-state index is 0.0402. The Bertz CT molecular complexity index is 1000. The number of carbonyl (C=O) groups excluding carboxylic acids is 2. The fraction of sp³-hybridized carbons (Fsp3) is 0.250. The number of alkyl halides is 2. The highest BCUT2D eigenvalue weighted by molar-refractivity contribution is 7.17. The molecule has 2 aromatic heterocycles. The topological polar surface area (TPSA) is 68.7 Å². The third-order valence-electron chi connectivity index (χ3n) is 4.07. The molecule has 1 amide bonds. The molecular formula is C20H18F2N2O4S2. The minimum Gasteiger partial charge on any atom is -0.451 e. The lowest BCUT2D eigenvalue weighted by atomic mass is 10.2. The van der Waals surface area contributed by atoms with Gasteiger partial charge in [-0.2, -0.15) is 20.1 Å². The van der Waals surface area contributed by atoms with E-state index in [2.05, 4.69) is 9.72 Å². The van der Waals surface area contributed by atoms with Crippen LogP contribution >= 0.6 is 22.7 Å². The van der Waals surface area contributed by atoms with Crippen molar-refractivity contribution in [2.75, 3.05) is 13.7 Å². The molecule has 158 valence electrons. The molecule has 0 saturated carbocycles. The number of likely N-dealkylation sites (N-methyl/N-ethyl adjacent to an activating group) is 1. The first-order chi connectivity index (χ1) is 14.3. The number of ether oxygens (including phenoxy) is 2. The Labute approximate surface area is 179 Å². The van der Waals surface area contributed by atoms with Crippen LogP contribution in [-0.4, -0.2) is 42.0 Å². The lowest BCUT2D eigenvalue weighted by molar-refractivity contribution is -0.133. The van der Waals surface area contributed by atoms with Crippen LogP contribution in [0.1, 0.15) is 20.9 Å². The van der Waals surface area contributed by atoms with Crippen LogP contribution in [0.2, 0.25) is 0 Å². The average Bonchev–Trinajstić information content (AvgIpc) is 3.36. The normalized spacial score (nSPS) is 10.8. The average molecular weight is 453 g/mol. The Morgan fingerprint density at radius 3 is 2.57 bits per heavy atom. The van der Waals surface area contributed by atoms with Crippen molar-refractivity contribution in [1.82, 2.24) is 9.88 Å². The highest BCUT2D eigenvalue weighted by Crippen LogP contribution is 2.29. The summed E-state index contributed by atoms with van der Waals surface area (Å²) in [5, 5.41) is 4.60. The van der Waals surface area contributed by atoms with Gasteiger partial charge in [-0.15, -0.1) is 11.3 Å². The van der Waals surface area contributed by atoms with Gasteiger partial charge in [0, 0.05) is 24.5 Å². The number of rotatable bonds is 8. The molecule has 10 heteroatoms. The quantitative estimate of drug-likeness (QED) is 0.468. The van der Waals surface area contributed by atoms with Crippen LogP contribution in [0.5, 0.6) is 5.75 Å². The Kier molecular flexibility index (Phi) is 7.11. The molecule has 0 spiro atoms. The molecule has 0 aliphatic rings. The molecule has 0 bridgehead atoms. The van der Waals surface area contributed by atoms with E-state index in [1.165, 1.54) is 39.7 Å². The summed E-state index contributed by atoms with van der Waals surface area (Å²) < 4.78 is 33.8. The number of aryl methyl sites for hydroxylation is 1. The minimum atomic E-state index is -2.89. The van der Waals surface area contributed by atoms with Gasteiger partial charge in [0.15, 0.2) is 6.61 Å². The van der Waals surface area contributed by atoms with Crippen LogP contribution in [0.3, 0.4) is 0 Å². The van der Waals surface area contributed by atoms with E-state index in [1.54, 1.807) is 26.1 Å². The molecule has 0 aliphatic heterocycles. The summed E-state index contributed by atoms with van der Waals surface area (Å²) in [6.45, 7) is -1.35. The monoisotopic (exact) mass is 452 g/mol. The summed E-state index contributed by atoms with van der Waals surface area (Å²) in [4.78, 5) is 30.8. The Morgan fingerprint density at radius 2 is 1.93 bits per heavy atom. The molecule has 0 N–H and O–H groups in total. The molecular weight excluding hydrogens is 434 g/mol. The van der Waals surface area contributed by atoms with Crippen molar-refractivity contribution in [2.24, 2.45) is 0 Å². The van der Waals surface area contributed by atoms with E-state index >= 15 is 0 Å². The van der Waals surface area contributed by atoms with Gasteiger partial charge in [-0.3, -0.25) is 4.79 Å². The van der Waals surface area contributed by atoms with E-state index in [-0.39, 0.29) is 12.3 Å². The van der Waals surface area contributed by atoms with Gasteiger partial charge in [-0.25, -0.2) is 9.78 Å². The van der Waals surface area contributed by atoms with E-state index in [9.17, 15) is 18.4 Å². The lowest BCUT2D eigenvalue weighted by Gasteiger charge is -2.17. The highest BCUT2D eigenvalue weighted by atomic mass is 32.1. The van der Waals surface area contributed by atoms with Gasteiger partial charge in [0.25, 0.3) is 5.91 Å². The van der Waals surface area contributed by atoms with Crippen LogP contribution < -0.4 is 4.74 Å². The second-order valence-corrected chi connectivity index (χ2v) is 8.07. The van der Waals surface area contributed by atoms with Gasteiger partial charge in [-0.05, 0) is 36.1 Å². The Balaban J connectivity index is 1.53. The zero-order valence-electron chi connectivity index (χ0n) is 16.1. The largest absolute Gasteiger partial charge is 0.451 e. The standard InChI is InChI=1S/C20H18F2N2O4S2/c1-12-17(30-18(23-12)14-7-8-29-11-14)19(26)27-10-16(25)24(2)9-13-3-5-15(6-4-13)28-20(21)22/h3-8,11,20H,9-10H2,1-2H3.